The molecule has 0 bridgehead atoms. The number of fused-ring (bicyclic) bond motifs is 1. The summed E-state index contributed by atoms with van der Waals surface area (Å²) in [6.45, 7) is 3.89. The molecule has 0 spiro atoms. The lowest BCUT2D eigenvalue weighted by Crippen LogP contribution is -2.41. The largest absolute Gasteiger partial charge is 0.461 e. The van der Waals surface area contributed by atoms with Gasteiger partial charge in [0.05, 0.1) is 18.4 Å². The molecule has 0 aliphatic carbocycles. The quantitative estimate of drug-likeness (QED) is 0.679. The van der Waals surface area contributed by atoms with Gasteiger partial charge in [-0.2, -0.15) is 0 Å². The van der Waals surface area contributed by atoms with Gasteiger partial charge in [-0.1, -0.05) is 24.3 Å². The predicted molar refractivity (Wildman–Crippen MR) is 80.5 cm³/mol. The van der Waals surface area contributed by atoms with Crippen LogP contribution in [0.2, 0.25) is 0 Å². The van der Waals surface area contributed by atoms with E-state index in [0.29, 0.717) is 11.3 Å². The van der Waals surface area contributed by atoms with Gasteiger partial charge in [0.25, 0.3) is 5.91 Å². The lowest BCUT2D eigenvalue weighted by Gasteiger charge is -2.21. The van der Waals surface area contributed by atoms with E-state index in [1.54, 1.807) is 36.4 Å². The van der Waals surface area contributed by atoms with Gasteiger partial charge in [-0.05, 0) is 18.2 Å². The summed E-state index contributed by atoms with van der Waals surface area (Å²) < 4.78 is 5.05. The van der Waals surface area contributed by atoms with Crippen molar-refractivity contribution in [1.29, 1.82) is 0 Å². The number of furan rings is 1. The summed E-state index contributed by atoms with van der Waals surface area (Å²) in [5, 5.41) is 10.9. The molecule has 1 unspecified atom stereocenters. The van der Waals surface area contributed by atoms with Gasteiger partial charge in [0.1, 0.15) is 0 Å². The number of anilines is 1. The molecule has 1 atom stereocenters. The fourth-order valence-corrected chi connectivity index (χ4v) is 2.74. The number of benzene rings is 1. The molecule has 22 heavy (non-hydrogen) atoms. The molecule has 5 heteroatoms. The SMILES string of the molecule is C=CCN1C(=O)C(O)(CC(=O)c2ccco2)c2ccccc21. The first kappa shape index (κ1) is 14.3. The third-order valence-corrected chi connectivity index (χ3v) is 3.76. The summed E-state index contributed by atoms with van der Waals surface area (Å²) in [7, 11) is 0. The van der Waals surface area contributed by atoms with Crippen molar-refractivity contribution in [3.63, 3.8) is 0 Å². The molecule has 0 saturated heterocycles. The van der Waals surface area contributed by atoms with Gasteiger partial charge in [0.15, 0.2) is 11.4 Å². The second-order valence-corrected chi connectivity index (χ2v) is 5.16. The molecular formula is C17H15NO4. The minimum Gasteiger partial charge on any atom is -0.461 e. The van der Waals surface area contributed by atoms with Crippen LogP contribution in [-0.4, -0.2) is 23.3 Å². The second kappa shape index (κ2) is 5.27. The minimum atomic E-state index is -1.87. The standard InChI is InChI=1S/C17H15NO4/c1-2-9-18-13-7-4-3-6-12(13)17(21,16(18)20)11-14(19)15-8-5-10-22-15/h2-8,10,21H,1,9,11H2. The van der Waals surface area contributed by atoms with Crippen LogP contribution in [0.1, 0.15) is 22.5 Å². The van der Waals surface area contributed by atoms with Crippen molar-refractivity contribution < 1.29 is 19.1 Å². The average molecular weight is 297 g/mol. The molecule has 1 aliphatic rings. The Morgan fingerprint density at radius 1 is 1.32 bits per heavy atom. The first-order valence-corrected chi connectivity index (χ1v) is 6.89. The average Bonchev–Trinajstić information content (AvgIpc) is 3.11. The lowest BCUT2D eigenvalue weighted by atomic mass is 9.89. The number of amides is 1. The van der Waals surface area contributed by atoms with Gasteiger partial charge in [0.2, 0.25) is 5.78 Å². The van der Waals surface area contributed by atoms with E-state index in [0.717, 1.165) is 0 Å². The van der Waals surface area contributed by atoms with Crippen LogP contribution >= 0.6 is 0 Å². The van der Waals surface area contributed by atoms with Gasteiger partial charge in [-0.15, -0.1) is 6.58 Å². The third-order valence-electron chi connectivity index (χ3n) is 3.76. The molecular weight excluding hydrogens is 282 g/mol. The maximum atomic E-state index is 12.6. The summed E-state index contributed by atoms with van der Waals surface area (Å²) in [6, 6.07) is 10.0. The number of hydrogen-bond donors (Lipinski definition) is 1. The zero-order valence-corrected chi connectivity index (χ0v) is 11.9. The van der Waals surface area contributed by atoms with Crippen LogP contribution < -0.4 is 4.90 Å². The number of hydrogen-bond acceptors (Lipinski definition) is 4. The van der Waals surface area contributed by atoms with Crippen molar-refractivity contribution in [2.75, 3.05) is 11.4 Å². The number of para-hydroxylation sites is 1. The fourth-order valence-electron chi connectivity index (χ4n) is 2.74. The van der Waals surface area contributed by atoms with Gasteiger partial charge in [0, 0.05) is 12.1 Å². The highest BCUT2D eigenvalue weighted by Crippen LogP contribution is 2.42. The maximum absolute atomic E-state index is 12.6. The van der Waals surface area contributed by atoms with E-state index in [-0.39, 0.29) is 18.7 Å². The Hall–Kier alpha value is -2.66. The summed E-state index contributed by atoms with van der Waals surface area (Å²) in [5.41, 5.74) is -0.840. The topological polar surface area (TPSA) is 70.8 Å². The molecule has 112 valence electrons. The lowest BCUT2D eigenvalue weighted by molar-refractivity contribution is -0.135. The Bertz CT molecular complexity index is 735. The van der Waals surface area contributed by atoms with Crippen molar-refractivity contribution in [2.45, 2.75) is 12.0 Å². The summed E-state index contributed by atoms with van der Waals surface area (Å²) in [4.78, 5) is 26.3. The number of ketones is 1. The Labute approximate surface area is 127 Å². The van der Waals surface area contributed by atoms with Crippen molar-refractivity contribution in [1.82, 2.24) is 0 Å². The van der Waals surface area contributed by atoms with Crippen molar-refractivity contribution in [3.05, 3.63) is 66.6 Å². The van der Waals surface area contributed by atoms with E-state index in [1.165, 1.54) is 17.2 Å². The number of carbonyl (C=O) groups excluding carboxylic acids is 2. The number of nitrogens with zero attached hydrogens (tertiary/aromatic N) is 1. The highest BCUT2D eigenvalue weighted by molar-refractivity contribution is 6.10. The smallest absolute Gasteiger partial charge is 0.264 e. The van der Waals surface area contributed by atoms with Crippen LogP contribution in [0, 0.1) is 0 Å². The molecule has 1 N–H and O–H groups in total. The van der Waals surface area contributed by atoms with Crippen molar-refractivity contribution in [3.8, 4) is 0 Å². The van der Waals surface area contributed by atoms with E-state index in [1.807, 2.05) is 0 Å². The highest BCUT2D eigenvalue weighted by Gasteiger charge is 2.50. The van der Waals surface area contributed by atoms with Gasteiger partial charge >= 0.3 is 0 Å². The van der Waals surface area contributed by atoms with Gasteiger partial charge < -0.3 is 14.4 Å². The van der Waals surface area contributed by atoms with Crippen LogP contribution in [0.15, 0.2) is 59.7 Å². The van der Waals surface area contributed by atoms with Crippen LogP contribution in [0.5, 0.6) is 0 Å². The van der Waals surface area contributed by atoms with Crippen LogP contribution in [-0.2, 0) is 10.4 Å². The molecule has 1 aliphatic heterocycles. The molecule has 0 radical (unpaired) electrons. The predicted octanol–water partition coefficient (Wildman–Crippen LogP) is 2.27. The molecule has 1 aromatic carbocycles. The molecule has 3 rings (SSSR count). The minimum absolute atomic E-state index is 0.126. The number of aliphatic hydroxyl groups is 1. The number of rotatable bonds is 5. The number of carbonyl (C=O) groups is 2. The summed E-state index contributed by atoms with van der Waals surface area (Å²) >= 11 is 0. The first-order valence-electron chi connectivity index (χ1n) is 6.89. The first-order chi connectivity index (χ1) is 10.6. The fraction of sp³-hybridized carbons (Fsp3) is 0.176. The zero-order valence-electron chi connectivity index (χ0n) is 11.9. The molecule has 1 amide bonds. The highest BCUT2D eigenvalue weighted by atomic mass is 16.3. The Morgan fingerprint density at radius 3 is 2.77 bits per heavy atom. The number of Topliss-reactive ketones (excluding diaryl/α,β-unsaturated/α-hetero) is 1. The van der Waals surface area contributed by atoms with E-state index >= 15 is 0 Å². The normalized spacial score (nSPS) is 20.0. The van der Waals surface area contributed by atoms with Crippen molar-refractivity contribution in [2.24, 2.45) is 0 Å². The second-order valence-electron chi connectivity index (χ2n) is 5.16. The summed E-state index contributed by atoms with van der Waals surface area (Å²) in [6.07, 6.45) is 2.60. The van der Waals surface area contributed by atoms with Gasteiger partial charge in [-0.3, -0.25) is 9.59 Å². The van der Waals surface area contributed by atoms with Gasteiger partial charge in [-0.25, -0.2) is 0 Å². The molecule has 1 aromatic heterocycles. The Kier molecular flexibility index (Phi) is 3.42. The maximum Gasteiger partial charge on any atom is 0.264 e. The van der Waals surface area contributed by atoms with Crippen molar-refractivity contribution >= 4 is 17.4 Å². The Morgan fingerprint density at radius 2 is 2.09 bits per heavy atom. The molecule has 2 aromatic rings. The van der Waals surface area contributed by atoms with Crippen LogP contribution in [0.3, 0.4) is 0 Å². The molecule has 0 fully saturated rings. The molecule has 0 saturated carbocycles. The summed E-state index contributed by atoms with van der Waals surface area (Å²) in [5.74, 6) is -0.814. The monoisotopic (exact) mass is 297 g/mol. The zero-order chi connectivity index (χ0) is 15.7. The third kappa shape index (κ3) is 2.07. The van der Waals surface area contributed by atoms with Crippen LogP contribution in [0.25, 0.3) is 0 Å². The van der Waals surface area contributed by atoms with E-state index in [4.69, 9.17) is 4.42 Å². The van der Waals surface area contributed by atoms with E-state index < -0.39 is 17.3 Å². The Balaban J connectivity index is 2.00. The van der Waals surface area contributed by atoms with Crippen LogP contribution in [0.4, 0.5) is 5.69 Å². The molecule has 5 nitrogen and oxygen atoms in total. The molecule has 2 heterocycles. The van der Waals surface area contributed by atoms with E-state index in [2.05, 4.69) is 6.58 Å². The van der Waals surface area contributed by atoms with E-state index in [9.17, 15) is 14.7 Å².